The van der Waals surface area contributed by atoms with E-state index in [0.29, 0.717) is 12.3 Å². The predicted octanol–water partition coefficient (Wildman–Crippen LogP) is 4.47. The lowest BCUT2D eigenvalue weighted by atomic mass is 9.89. The van der Waals surface area contributed by atoms with Crippen LogP contribution in [0.15, 0.2) is 42.5 Å². The van der Waals surface area contributed by atoms with Gasteiger partial charge in [0.2, 0.25) is 5.91 Å². The van der Waals surface area contributed by atoms with Crippen LogP contribution in [0, 0.1) is 11.8 Å². The summed E-state index contributed by atoms with van der Waals surface area (Å²) >= 11 is 0. The number of carbonyl (C=O) groups is 1. The van der Waals surface area contributed by atoms with E-state index in [4.69, 9.17) is 0 Å². The number of allylic oxidation sites excluding steroid dienone is 2. The molecule has 0 bridgehead atoms. The van der Waals surface area contributed by atoms with Crippen LogP contribution in [0.3, 0.4) is 0 Å². The Morgan fingerprint density at radius 1 is 1.04 bits per heavy atom. The van der Waals surface area contributed by atoms with E-state index in [1.807, 2.05) is 30.3 Å². The largest absolute Gasteiger partial charge is 0.326 e. The average molecular weight is 326 g/mol. The molecule has 1 aliphatic heterocycles. The van der Waals surface area contributed by atoms with Crippen LogP contribution in [0.4, 0.5) is 5.69 Å². The topological polar surface area (TPSA) is 32.3 Å². The van der Waals surface area contributed by atoms with Gasteiger partial charge in [-0.25, -0.2) is 0 Å². The molecule has 3 rings (SSSR count). The Bertz CT molecular complexity index is 532. The SMILES string of the molecule is O=C(CCC1CCN(C[C@H]2CC=CCC2)CC1)Nc1ccccc1. The number of piperidine rings is 1. The van der Waals surface area contributed by atoms with E-state index in [1.54, 1.807) is 0 Å². The normalized spacial score (nSPS) is 22.4. The highest BCUT2D eigenvalue weighted by molar-refractivity contribution is 5.90. The van der Waals surface area contributed by atoms with Gasteiger partial charge in [0.1, 0.15) is 0 Å². The molecule has 0 saturated carbocycles. The zero-order valence-corrected chi connectivity index (χ0v) is 14.6. The van der Waals surface area contributed by atoms with Gasteiger partial charge in [-0.05, 0) is 75.6 Å². The number of anilines is 1. The van der Waals surface area contributed by atoms with Gasteiger partial charge < -0.3 is 10.2 Å². The Hall–Kier alpha value is -1.61. The van der Waals surface area contributed by atoms with Crippen LogP contribution in [0.5, 0.6) is 0 Å². The maximum atomic E-state index is 12.1. The number of rotatable bonds is 6. The van der Waals surface area contributed by atoms with Gasteiger partial charge in [0.25, 0.3) is 0 Å². The van der Waals surface area contributed by atoms with Crippen LogP contribution < -0.4 is 5.32 Å². The molecule has 1 amide bonds. The van der Waals surface area contributed by atoms with Gasteiger partial charge in [-0.2, -0.15) is 0 Å². The highest BCUT2D eigenvalue weighted by Gasteiger charge is 2.22. The van der Waals surface area contributed by atoms with Crippen molar-refractivity contribution in [1.82, 2.24) is 4.90 Å². The van der Waals surface area contributed by atoms with Crippen molar-refractivity contribution >= 4 is 11.6 Å². The first kappa shape index (κ1) is 17.2. The summed E-state index contributed by atoms with van der Waals surface area (Å²) in [5.74, 6) is 1.73. The lowest BCUT2D eigenvalue weighted by molar-refractivity contribution is -0.116. The fourth-order valence-corrected chi connectivity index (χ4v) is 3.93. The first-order chi connectivity index (χ1) is 11.8. The molecular formula is C21H30N2O. The molecule has 1 aromatic carbocycles. The third-order valence-corrected chi connectivity index (χ3v) is 5.44. The summed E-state index contributed by atoms with van der Waals surface area (Å²) in [6, 6.07) is 9.75. The van der Waals surface area contributed by atoms with Crippen molar-refractivity contribution in [1.29, 1.82) is 0 Å². The van der Waals surface area contributed by atoms with Crippen molar-refractivity contribution in [2.24, 2.45) is 11.8 Å². The second-order valence-corrected chi connectivity index (χ2v) is 7.35. The van der Waals surface area contributed by atoms with E-state index in [2.05, 4.69) is 22.4 Å². The standard InChI is InChI=1S/C21H30N2O/c24-21(22-20-9-5-2-6-10-20)12-11-18-13-15-23(16-14-18)17-19-7-3-1-4-8-19/h1-3,5-6,9-10,18-19H,4,7-8,11-17H2,(H,22,24)/t19-/m0/s1. The summed E-state index contributed by atoms with van der Waals surface area (Å²) in [7, 11) is 0. The number of carbonyl (C=O) groups excluding carboxylic acids is 1. The minimum atomic E-state index is 0.151. The minimum Gasteiger partial charge on any atom is -0.326 e. The Labute approximate surface area is 146 Å². The molecule has 0 aromatic heterocycles. The molecule has 2 aliphatic rings. The fourth-order valence-electron chi connectivity index (χ4n) is 3.93. The third kappa shape index (κ3) is 5.48. The minimum absolute atomic E-state index is 0.151. The van der Waals surface area contributed by atoms with Crippen molar-refractivity contribution in [3.8, 4) is 0 Å². The van der Waals surface area contributed by atoms with Gasteiger partial charge in [-0.1, -0.05) is 30.4 Å². The molecule has 1 aliphatic carbocycles. The molecule has 3 nitrogen and oxygen atoms in total. The number of benzene rings is 1. The first-order valence-corrected chi connectivity index (χ1v) is 9.52. The maximum Gasteiger partial charge on any atom is 0.224 e. The van der Waals surface area contributed by atoms with Crippen LogP contribution >= 0.6 is 0 Å². The summed E-state index contributed by atoms with van der Waals surface area (Å²) < 4.78 is 0. The summed E-state index contributed by atoms with van der Waals surface area (Å²) in [6.07, 6.45) is 12.7. The second-order valence-electron chi connectivity index (χ2n) is 7.35. The van der Waals surface area contributed by atoms with Gasteiger partial charge >= 0.3 is 0 Å². The lowest BCUT2D eigenvalue weighted by Gasteiger charge is -2.34. The zero-order valence-electron chi connectivity index (χ0n) is 14.6. The van der Waals surface area contributed by atoms with E-state index in [0.717, 1.165) is 18.0 Å². The quantitative estimate of drug-likeness (QED) is 0.782. The van der Waals surface area contributed by atoms with Crippen molar-refractivity contribution in [3.63, 3.8) is 0 Å². The van der Waals surface area contributed by atoms with Crippen molar-refractivity contribution in [2.45, 2.75) is 44.9 Å². The highest BCUT2D eigenvalue weighted by atomic mass is 16.1. The molecule has 24 heavy (non-hydrogen) atoms. The Morgan fingerprint density at radius 3 is 2.54 bits per heavy atom. The van der Waals surface area contributed by atoms with Crippen LogP contribution in [0.25, 0.3) is 0 Å². The molecule has 130 valence electrons. The smallest absolute Gasteiger partial charge is 0.224 e. The average Bonchev–Trinajstić information content (AvgIpc) is 2.63. The molecule has 0 radical (unpaired) electrons. The van der Waals surface area contributed by atoms with Gasteiger partial charge in [-0.15, -0.1) is 0 Å². The zero-order chi connectivity index (χ0) is 16.6. The Balaban J connectivity index is 1.32. The summed E-state index contributed by atoms with van der Waals surface area (Å²) in [4.78, 5) is 14.7. The maximum absolute atomic E-state index is 12.1. The van der Waals surface area contributed by atoms with Crippen LogP contribution in [0.2, 0.25) is 0 Å². The number of likely N-dealkylation sites (tertiary alicyclic amines) is 1. The fraction of sp³-hybridized carbons (Fsp3) is 0.571. The van der Waals surface area contributed by atoms with Crippen LogP contribution in [-0.4, -0.2) is 30.4 Å². The number of hydrogen-bond acceptors (Lipinski definition) is 2. The van der Waals surface area contributed by atoms with Gasteiger partial charge in [-0.3, -0.25) is 4.79 Å². The number of nitrogens with zero attached hydrogens (tertiary/aromatic N) is 1. The molecular weight excluding hydrogens is 296 g/mol. The summed E-state index contributed by atoms with van der Waals surface area (Å²) in [5.41, 5.74) is 0.902. The highest BCUT2D eigenvalue weighted by Crippen LogP contribution is 2.25. The van der Waals surface area contributed by atoms with Crippen molar-refractivity contribution in [3.05, 3.63) is 42.5 Å². The molecule has 1 fully saturated rings. The molecule has 0 unspecified atom stereocenters. The van der Waals surface area contributed by atoms with Gasteiger partial charge in [0.05, 0.1) is 0 Å². The molecule has 1 atom stereocenters. The predicted molar refractivity (Wildman–Crippen MR) is 100.0 cm³/mol. The van der Waals surface area contributed by atoms with E-state index in [9.17, 15) is 4.79 Å². The van der Waals surface area contributed by atoms with Crippen LogP contribution in [-0.2, 0) is 4.79 Å². The summed E-state index contributed by atoms with van der Waals surface area (Å²) in [6.45, 7) is 3.70. The van der Waals surface area contributed by atoms with Gasteiger partial charge in [0.15, 0.2) is 0 Å². The third-order valence-electron chi connectivity index (χ3n) is 5.44. The Morgan fingerprint density at radius 2 is 1.83 bits per heavy atom. The molecule has 3 heteroatoms. The number of para-hydroxylation sites is 1. The van der Waals surface area contributed by atoms with Gasteiger partial charge in [0, 0.05) is 18.7 Å². The Kier molecular flexibility index (Phi) is 6.48. The molecule has 1 aromatic rings. The number of nitrogens with one attached hydrogen (secondary N) is 1. The number of hydrogen-bond donors (Lipinski definition) is 1. The number of amides is 1. The van der Waals surface area contributed by atoms with Crippen LogP contribution in [0.1, 0.15) is 44.9 Å². The van der Waals surface area contributed by atoms with E-state index < -0.39 is 0 Å². The van der Waals surface area contributed by atoms with E-state index in [1.165, 1.54) is 51.7 Å². The monoisotopic (exact) mass is 326 g/mol. The first-order valence-electron chi connectivity index (χ1n) is 9.52. The summed E-state index contributed by atoms with van der Waals surface area (Å²) in [5, 5.41) is 2.99. The van der Waals surface area contributed by atoms with Crippen molar-refractivity contribution in [2.75, 3.05) is 25.0 Å². The molecule has 1 saturated heterocycles. The molecule has 1 N–H and O–H groups in total. The van der Waals surface area contributed by atoms with E-state index in [-0.39, 0.29) is 5.91 Å². The van der Waals surface area contributed by atoms with E-state index >= 15 is 0 Å². The second kappa shape index (κ2) is 9.03. The van der Waals surface area contributed by atoms with Crippen molar-refractivity contribution < 1.29 is 4.79 Å². The molecule has 1 heterocycles. The lowest BCUT2D eigenvalue weighted by Crippen LogP contribution is -2.37. The molecule has 0 spiro atoms.